The van der Waals surface area contributed by atoms with Gasteiger partial charge in [-0.05, 0) is 50.4 Å². The number of carbonyl (C=O) groups excluding carboxylic acids is 1. The van der Waals surface area contributed by atoms with E-state index in [0.29, 0.717) is 12.0 Å². The van der Waals surface area contributed by atoms with Crippen molar-refractivity contribution in [2.45, 2.75) is 25.8 Å². The number of piperidine rings is 3. The van der Waals surface area contributed by atoms with Crippen LogP contribution in [0.1, 0.15) is 25.3 Å². The fourth-order valence-corrected chi connectivity index (χ4v) is 3.28. The summed E-state index contributed by atoms with van der Waals surface area (Å²) in [6.07, 6.45) is 4.41. The molecule has 1 aromatic rings. The topological polar surface area (TPSA) is 32.3 Å². The smallest absolute Gasteiger partial charge is 0.247 e. The summed E-state index contributed by atoms with van der Waals surface area (Å²) in [7, 11) is 0. The molecule has 3 aliphatic rings. The van der Waals surface area contributed by atoms with E-state index in [0.717, 1.165) is 17.7 Å². The number of fused-ring (bicyclic) bond motifs is 3. The van der Waals surface area contributed by atoms with Gasteiger partial charge in [0.05, 0.1) is 0 Å². The van der Waals surface area contributed by atoms with Crippen LogP contribution in [0.15, 0.2) is 35.9 Å². The third-order valence-electron chi connectivity index (χ3n) is 4.51. The van der Waals surface area contributed by atoms with Crippen LogP contribution < -0.4 is 5.32 Å². The van der Waals surface area contributed by atoms with E-state index in [1.807, 2.05) is 43.3 Å². The van der Waals surface area contributed by atoms with Crippen molar-refractivity contribution < 1.29 is 4.79 Å². The van der Waals surface area contributed by atoms with E-state index in [9.17, 15) is 4.79 Å². The molecule has 20 heavy (non-hydrogen) atoms. The molecule has 2 bridgehead atoms. The van der Waals surface area contributed by atoms with Crippen molar-refractivity contribution in [2.75, 3.05) is 19.6 Å². The molecule has 0 aliphatic carbocycles. The van der Waals surface area contributed by atoms with Gasteiger partial charge in [0.2, 0.25) is 5.91 Å². The summed E-state index contributed by atoms with van der Waals surface area (Å²) in [4.78, 5) is 14.8. The van der Waals surface area contributed by atoms with Gasteiger partial charge in [-0.3, -0.25) is 4.79 Å². The first-order valence-electron chi connectivity index (χ1n) is 7.49. The van der Waals surface area contributed by atoms with Crippen molar-refractivity contribution >= 4 is 12.0 Å². The van der Waals surface area contributed by atoms with Gasteiger partial charge in [0.15, 0.2) is 0 Å². The van der Waals surface area contributed by atoms with E-state index in [-0.39, 0.29) is 5.91 Å². The number of benzene rings is 1. The highest BCUT2D eigenvalue weighted by Gasteiger charge is 2.34. The molecule has 106 valence electrons. The van der Waals surface area contributed by atoms with Crippen LogP contribution in [0, 0.1) is 5.92 Å². The Kier molecular flexibility index (Phi) is 3.88. The average molecular weight is 270 g/mol. The minimum absolute atomic E-state index is 0.0765. The Morgan fingerprint density at radius 3 is 2.55 bits per heavy atom. The Hall–Kier alpha value is -1.61. The number of carbonyl (C=O) groups is 1. The lowest BCUT2D eigenvalue weighted by atomic mass is 9.84. The van der Waals surface area contributed by atoms with E-state index >= 15 is 0 Å². The second kappa shape index (κ2) is 5.80. The molecule has 0 aromatic heterocycles. The Morgan fingerprint density at radius 2 is 1.95 bits per heavy atom. The van der Waals surface area contributed by atoms with Crippen molar-refractivity contribution in [3.05, 3.63) is 41.5 Å². The lowest BCUT2D eigenvalue weighted by Gasteiger charge is -2.44. The molecule has 4 rings (SSSR count). The van der Waals surface area contributed by atoms with Gasteiger partial charge < -0.3 is 10.2 Å². The van der Waals surface area contributed by atoms with Crippen LogP contribution in [-0.4, -0.2) is 36.5 Å². The quantitative estimate of drug-likeness (QED) is 0.855. The second-order valence-corrected chi connectivity index (χ2v) is 5.96. The van der Waals surface area contributed by atoms with E-state index in [2.05, 4.69) is 10.2 Å². The standard InChI is InChI=1S/C17H22N2O/c1-13(11-14-5-3-2-4-6-14)17(20)18-16-12-19-9-7-15(16)8-10-19/h2-6,11,15-16H,7-10,12H2,1H3,(H,18,20)/b13-11+. The molecule has 1 atom stereocenters. The zero-order valence-electron chi connectivity index (χ0n) is 12.0. The first-order chi connectivity index (χ1) is 9.72. The molecule has 1 N–H and O–H groups in total. The molecule has 3 heteroatoms. The van der Waals surface area contributed by atoms with Gasteiger partial charge in [0, 0.05) is 18.2 Å². The van der Waals surface area contributed by atoms with Gasteiger partial charge in [0.1, 0.15) is 0 Å². The minimum Gasteiger partial charge on any atom is -0.348 e. The van der Waals surface area contributed by atoms with Gasteiger partial charge in [0.25, 0.3) is 0 Å². The number of hydrogen-bond donors (Lipinski definition) is 1. The zero-order valence-corrected chi connectivity index (χ0v) is 12.0. The van der Waals surface area contributed by atoms with Crippen LogP contribution in [0.25, 0.3) is 6.08 Å². The third kappa shape index (κ3) is 2.93. The molecule has 3 aliphatic heterocycles. The molecular formula is C17H22N2O. The molecule has 0 saturated carbocycles. The molecule has 1 aromatic carbocycles. The van der Waals surface area contributed by atoms with Crippen LogP contribution >= 0.6 is 0 Å². The number of nitrogens with zero attached hydrogens (tertiary/aromatic N) is 1. The summed E-state index contributed by atoms with van der Waals surface area (Å²) >= 11 is 0. The largest absolute Gasteiger partial charge is 0.348 e. The minimum atomic E-state index is 0.0765. The fraction of sp³-hybridized carbons (Fsp3) is 0.471. The molecule has 0 radical (unpaired) electrons. The van der Waals surface area contributed by atoms with Crippen LogP contribution in [0.3, 0.4) is 0 Å². The highest BCUT2D eigenvalue weighted by atomic mass is 16.1. The molecular weight excluding hydrogens is 248 g/mol. The number of amides is 1. The lowest BCUT2D eigenvalue weighted by Crippen LogP contribution is -2.57. The van der Waals surface area contributed by atoms with Crippen molar-refractivity contribution in [3.63, 3.8) is 0 Å². The molecule has 3 fully saturated rings. The van der Waals surface area contributed by atoms with Crippen molar-refractivity contribution in [1.82, 2.24) is 10.2 Å². The monoisotopic (exact) mass is 270 g/mol. The van der Waals surface area contributed by atoms with E-state index < -0.39 is 0 Å². The van der Waals surface area contributed by atoms with Crippen molar-refractivity contribution in [2.24, 2.45) is 5.92 Å². The first-order valence-corrected chi connectivity index (χ1v) is 7.49. The number of hydrogen-bond acceptors (Lipinski definition) is 2. The third-order valence-corrected chi connectivity index (χ3v) is 4.51. The summed E-state index contributed by atoms with van der Waals surface area (Å²) in [6, 6.07) is 10.3. The van der Waals surface area contributed by atoms with Gasteiger partial charge in [-0.2, -0.15) is 0 Å². The molecule has 1 amide bonds. The first kappa shape index (κ1) is 13.4. The van der Waals surface area contributed by atoms with Gasteiger partial charge in [-0.1, -0.05) is 30.3 Å². The Morgan fingerprint density at radius 1 is 1.25 bits per heavy atom. The summed E-state index contributed by atoms with van der Waals surface area (Å²) in [5.41, 5.74) is 1.86. The molecule has 3 nitrogen and oxygen atoms in total. The van der Waals surface area contributed by atoms with Crippen LogP contribution in [0.4, 0.5) is 0 Å². The zero-order chi connectivity index (χ0) is 13.9. The lowest BCUT2D eigenvalue weighted by molar-refractivity contribution is -0.119. The van der Waals surface area contributed by atoms with Crippen LogP contribution in [-0.2, 0) is 4.79 Å². The van der Waals surface area contributed by atoms with Gasteiger partial charge in [-0.15, -0.1) is 0 Å². The summed E-state index contributed by atoms with van der Waals surface area (Å²) < 4.78 is 0. The molecule has 3 heterocycles. The number of nitrogens with one attached hydrogen (secondary N) is 1. The highest BCUT2D eigenvalue weighted by molar-refractivity contribution is 5.97. The predicted molar refractivity (Wildman–Crippen MR) is 81.2 cm³/mol. The van der Waals surface area contributed by atoms with Gasteiger partial charge in [-0.25, -0.2) is 0 Å². The van der Waals surface area contributed by atoms with Crippen LogP contribution in [0.2, 0.25) is 0 Å². The average Bonchev–Trinajstić information content (AvgIpc) is 2.49. The molecule has 0 spiro atoms. The van der Waals surface area contributed by atoms with E-state index in [1.165, 1.54) is 25.9 Å². The number of rotatable bonds is 3. The molecule has 3 saturated heterocycles. The van der Waals surface area contributed by atoms with E-state index in [1.54, 1.807) is 0 Å². The summed E-state index contributed by atoms with van der Waals surface area (Å²) in [5.74, 6) is 0.751. The molecule has 1 unspecified atom stereocenters. The van der Waals surface area contributed by atoms with Crippen LogP contribution in [0.5, 0.6) is 0 Å². The van der Waals surface area contributed by atoms with Crippen molar-refractivity contribution in [1.29, 1.82) is 0 Å². The maximum Gasteiger partial charge on any atom is 0.247 e. The summed E-state index contributed by atoms with van der Waals surface area (Å²) in [6.45, 7) is 5.32. The predicted octanol–water partition coefficient (Wildman–Crippen LogP) is 2.30. The Balaban J connectivity index is 1.63. The van der Waals surface area contributed by atoms with E-state index in [4.69, 9.17) is 0 Å². The maximum absolute atomic E-state index is 12.3. The normalized spacial score (nSPS) is 29.2. The SMILES string of the molecule is C/C(=C\c1ccccc1)C(=O)NC1CN2CCC1CC2. The Labute approximate surface area is 120 Å². The second-order valence-electron chi connectivity index (χ2n) is 5.96. The fourth-order valence-electron chi connectivity index (χ4n) is 3.28. The Bertz CT molecular complexity index is 501. The van der Waals surface area contributed by atoms with Crippen molar-refractivity contribution in [3.8, 4) is 0 Å². The van der Waals surface area contributed by atoms with Gasteiger partial charge >= 0.3 is 0 Å². The summed E-state index contributed by atoms with van der Waals surface area (Å²) in [5, 5.41) is 3.22. The highest BCUT2D eigenvalue weighted by Crippen LogP contribution is 2.27. The maximum atomic E-state index is 12.3.